The minimum Gasteiger partial charge on any atom is -0.381 e. The van der Waals surface area contributed by atoms with E-state index in [1.165, 1.54) is 0 Å². The number of nitrogens with one attached hydrogen (secondary N) is 1. The van der Waals surface area contributed by atoms with Crippen LogP contribution in [0.25, 0.3) is 10.9 Å². The summed E-state index contributed by atoms with van der Waals surface area (Å²) in [6, 6.07) is 6.09. The third-order valence-corrected chi connectivity index (χ3v) is 6.22. The van der Waals surface area contributed by atoms with Gasteiger partial charge in [-0.2, -0.15) is 8.42 Å². The van der Waals surface area contributed by atoms with Crippen LogP contribution < -0.4 is 5.32 Å². The normalized spacial score (nSPS) is 20.2. The number of ketones is 1. The molecule has 2 aromatic rings. The van der Waals surface area contributed by atoms with E-state index in [1.54, 1.807) is 6.20 Å². The Morgan fingerprint density at radius 2 is 2.00 bits per heavy atom. The Kier molecular flexibility index (Phi) is 6.73. The van der Waals surface area contributed by atoms with Crippen molar-refractivity contribution in [2.24, 2.45) is 5.92 Å². The summed E-state index contributed by atoms with van der Waals surface area (Å²) in [5, 5.41) is 4.51. The predicted molar refractivity (Wildman–Crippen MR) is 114 cm³/mol. The summed E-state index contributed by atoms with van der Waals surface area (Å²) < 4.78 is 28.3. The Labute approximate surface area is 174 Å². The largest absolute Gasteiger partial charge is 0.381 e. The lowest BCUT2D eigenvalue weighted by atomic mass is 9.86. The molecule has 0 spiro atoms. The van der Waals surface area contributed by atoms with Gasteiger partial charge in [0.05, 0.1) is 29.6 Å². The lowest BCUT2D eigenvalue weighted by Gasteiger charge is -2.30. The standard InChI is InChI=1S/C20H25BrN2O4S/c1-3-19(24)17-11-22-18-9-6-14(21)10-16(18)20(17)23-15-7-4-13(5-8-15)12-27-28(2,25)26/h6,9-11,13,15H,3-5,7-8,12H2,1-2H3,(H,22,23). The molecule has 0 saturated heterocycles. The minimum atomic E-state index is -3.40. The molecule has 0 bridgehead atoms. The topological polar surface area (TPSA) is 85.4 Å². The molecule has 1 aliphatic carbocycles. The van der Waals surface area contributed by atoms with Gasteiger partial charge in [-0.15, -0.1) is 0 Å². The van der Waals surface area contributed by atoms with Gasteiger partial charge in [-0.25, -0.2) is 0 Å². The van der Waals surface area contributed by atoms with Crippen molar-refractivity contribution in [2.45, 2.75) is 45.1 Å². The molecular formula is C20H25BrN2O4S. The highest BCUT2D eigenvalue weighted by Crippen LogP contribution is 2.33. The van der Waals surface area contributed by atoms with Gasteiger partial charge in [0.25, 0.3) is 10.1 Å². The lowest BCUT2D eigenvalue weighted by molar-refractivity contribution is 0.0988. The van der Waals surface area contributed by atoms with Gasteiger partial charge in [0, 0.05) is 28.5 Å². The summed E-state index contributed by atoms with van der Waals surface area (Å²) in [4.78, 5) is 16.9. The highest BCUT2D eigenvalue weighted by Gasteiger charge is 2.24. The molecule has 1 aromatic carbocycles. The molecule has 6 nitrogen and oxygen atoms in total. The predicted octanol–water partition coefficient (Wildman–Crippen LogP) is 4.54. The molecule has 1 aromatic heterocycles. The second-order valence-electron chi connectivity index (χ2n) is 7.34. The first kappa shape index (κ1) is 21.2. The van der Waals surface area contributed by atoms with Crippen LogP contribution in [0.4, 0.5) is 5.69 Å². The molecule has 1 N–H and O–H groups in total. The van der Waals surface area contributed by atoms with Crippen molar-refractivity contribution < 1.29 is 17.4 Å². The molecule has 3 rings (SSSR count). The van der Waals surface area contributed by atoms with Crippen LogP contribution >= 0.6 is 15.9 Å². The number of pyridine rings is 1. The highest BCUT2D eigenvalue weighted by atomic mass is 79.9. The van der Waals surface area contributed by atoms with E-state index in [1.807, 2.05) is 25.1 Å². The van der Waals surface area contributed by atoms with Crippen molar-refractivity contribution in [2.75, 3.05) is 18.2 Å². The van der Waals surface area contributed by atoms with Gasteiger partial charge >= 0.3 is 0 Å². The van der Waals surface area contributed by atoms with Crippen LogP contribution in [-0.2, 0) is 14.3 Å². The summed E-state index contributed by atoms with van der Waals surface area (Å²) in [6.45, 7) is 2.10. The fraction of sp³-hybridized carbons (Fsp3) is 0.500. The second kappa shape index (κ2) is 8.88. The first-order valence-electron chi connectivity index (χ1n) is 9.49. The van der Waals surface area contributed by atoms with Gasteiger partial charge in [-0.05, 0) is 49.8 Å². The van der Waals surface area contributed by atoms with Crippen molar-refractivity contribution in [3.05, 3.63) is 34.4 Å². The highest BCUT2D eigenvalue weighted by molar-refractivity contribution is 9.10. The zero-order valence-corrected chi connectivity index (χ0v) is 18.5. The van der Waals surface area contributed by atoms with Crippen LogP contribution in [0.5, 0.6) is 0 Å². The van der Waals surface area contributed by atoms with Crippen LogP contribution in [0.3, 0.4) is 0 Å². The Bertz CT molecular complexity index is 970. The maximum atomic E-state index is 12.5. The van der Waals surface area contributed by atoms with Gasteiger partial charge < -0.3 is 5.32 Å². The zero-order chi connectivity index (χ0) is 20.3. The SMILES string of the molecule is CCC(=O)c1cnc2ccc(Br)cc2c1NC1CCC(COS(C)(=O)=O)CC1. The molecule has 1 heterocycles. The average molecular weight is 469 g/mol. The Morgan fingerprint density at radius 1 is 1.29 bits per heavy atom. The molecule has 8 heteroatoms. The van der Waals surface area contributed by atoms with E-state index >= 15 is 0 Å². The van der Waals surface area contributed by atoms with Crippen LogP contribution in [0.2, 0.25) is 0 Å². The van der Waals surface area contributed by atoms with E-state index in [4.69, 9.17) is 4.18 Å². The first-order chi connectivity index (χ1) is 13.3. The molecule has 0 atom stereocenters. The van der Waals surface area contributed by atoms with E-state index in [0.717, 1.165) is 53.0 Å². The zero-order valence-electron chi connectivity index (χ0n) is 16.1. The molecule has 28 heavy (non-hydrogen) atoms. The number of nitrogens with zero attached hydrogens (tertiary/aromatic N) is 1. The fourth-order valence-electron chi connectivity index (χ4n) is 3.62. The van der Waals surface area contributed by atoms with E-state index in [9.17, 15) is 13.2 Å². The van der Waals surface area contributed by atoms with Crippen LogP contribution in [-0.4, -0.2) is 38.1 Å². The smallest absolute Gasteiger partial charge is 0.264 e. The molecular weight excluding hydrogens is 444 g/mol. The first-order valence-corrected chi connectivity index (χ1v) is 12.1. The molecule has 1 saturated carbocycles. The van der Waals surface area contributed by atoms with Crippen molar-refractivity contribution >= 4 is 48.4 Å². The van der Waals surface area contributed by atoms with Crippen molar-refractivity contribution in [1.82, 2.24) is 4.98 Å². The Hall–Kier alpha value is -1.51. The molecule has 0 aliphatic heterocycles. The third kappa shape index (κ3) is 5.30. The number of hydrogen-bond donors (Lipinski definition) is 1. The van der Waals surface area contributed by atoms with E-state index in [0.29, 0.717) is 12.0 Å². The maximum absolute atomic E-state index is 12.5. The van der Waals surface area contributed by atoms with Crippen LogP contribution in [0.1, 0.15) is 49.4 Å². The number of hydrogen-bond acceptors (Lipinski definition) is 6. The molecule has 152 valence electrons. The van der Waals surface area contributed by atoms with Crippen LogP contribution in [0.15, 0.2) is 28.9 Å². The summed E-state index contributed by atoms with van der Waals surface area (Å²) in [6.07, 6.45) is 6.74. The molecule has 1 aliphatic rings. The number of rotatable bonds is 7. The van der Waals surface area contributed by atoms with Gasteiger partial charge in [0.2, 0.25) is 0 Å². The molecule has 1 fully saturated rings. The molecule has 0 radical (unpaired) electrons. The number of carbonyl (C=O) groups is 1. The molecule has 0 amide bonds. The van der Waals surface area contributed by atoms with Gasteiger partial charge in [0.15, 0.2) is 5.78 Å². The van der Waals surface area contributed by atoms with E-state index < -0.39 is 10.1 Å². The summed E-state index contributed by atoms with van der Waals surface area (Å²) in [7, 11) is -3.40. The van der Waals surface area contributed by atoms with Gasteiger partial charge in [-0.1, -0.05) is 22.9 Å². The van der Waals surface area contributed by atoms with Crippen molar-refractivity contribution in [3.63, 3.8) is 0 Å². The monoisotopic (exact) mass is 468 g/mol. The number of benzene rings is 1. The fourth-order valence-corrected chi connectivity index (χ4v) is 4.42. The maximum Gasteiger partial charge on any atom is 0.264 e. The third-order valence-electron chi connectivity index (χ3n) is 5.16. The second-order valence-corrected chi connectivity index (χ2v) is 9.90. The van der Waals surface area contributed by atoms with Gasteiger partial charge in [-0.3, -0.25) is 14.0 Å². The summed E-state index contributed by atoms with van der Waals surface area (Å²) in [5.74, 6) is 0.306. The summed E-state index contributed by atoms with van der Waals surface area (Å²) in [5.41, 5.74) is 2.30. The Morgan fingerprint density at radius 3 is 2.64 bits per heavy atom. The minimum absolute atomic E-state index is 0.0621. The van der Waals surface area contributed by atoms with Gasteiger partial charge in [0.1, 0.15) is 0 Å². The lowest BCUT2D eigenvalue weighted by Crippen LogP contribution is -2.29. The number of aromatic nitrogens is 1. The van der Waals surface area contributed by atoms with Crippen molar-refractivity contribution in [3.8, 4) is 0 Å². The average Bonchev–Trinajstić information content (AvgIpc) is 2.66. The van der Waals surface area contributed by atoms with E-state index in [2.05, 4.69) is 26.2 Å². The number of fused-ring (bicyclic) bond motifs is 1. The van der Waals surface area contributed by atoms with Crippen molar-refractivity contribution in [1.29, 1.82) is 0 Å². The number of anilines is 1. The van der Waals surface area contributed by atoms with E-state index in [-0.39, 0.29) is 24.3 Å². The quantitative estimate of drug-likeness (QED) is 0.474. The van der Waals surface area contributed by atoms with Crippen LogP contribution in [0, 0.1) is 5.92 Å². The Balaban J connectivity index is 1.78. The number of halogens is 1. The molecule has 0 unspecified atom stereocenters. The number of Topliss-reactive ketones (excluding diaryl/α,β-unsaturated/α-hetero) is 1. The number of carbonyl (C=O) groups excluding carboxylic acids is 1. The summed E-state index contributed by atoms with van der Waals surface area (Å²) >= 11 is 3.51.